The average molecular weight is 405 g/mol. The van der Waals surface area contributed by atoms with Crippen LogP contribution in [0.3, 0.4) is 0 Å². The van der Waals surface area contributed by atoms with Crippen molar-refractivity contribution in [1.82, 2.24) is 5.32 Å². The highest BCUT2D eigenvalue weighted by Crippen LogP contribution is 2.33. The van der Waals surface area contributed by atoms with Crippen LogP contribution < -0.4 is 5.32 Å². The van der Waals surface area contributed by atoms with Crippen LogP contribution in [0.4, 0.5) is 13.6 Å². The monoisotopic (exact) mass is 404 g/mol. The highest BCUT2D eigenvalue weighted by molar-refractivity contribution is 9.10. The fourth-order valence-electron chi connectivity index (χ4n) is 2.26. The summed E-state index contributed by atoms with van der Waals surface area (Å²) < 4.78 is 39.0. The lowest BCUT2D eigenvalue weighted by atomic mass is 9.91. The van der Waals surface area contributed by atoms with Crippen molar-refractivity contribution in [3.8, 4) is 0 Å². The van der Waals surface area contributed by atoms with Crippen molar-refractivity contribution in [3.05, 3.63) is 34.1 Å². The maximum absolute atomic E-state index is 14.2. The summed E-state index contributed by atoms with van der Waals surface area (Å²) in [7, 11) is 0. The first kappa shape index (κ1) is 18.8. The number of amides is 1. The van der Waals surface area contributed by atoms with E-state index in [-0.39, 0.29) is 24.6 Å². The lowest BCUT2D eigenvalue weighted by Gasteiger charge is -2.32. The number of carbonyl (C=O) groups is 1. The first-order valence-electron chi connectivity index (χ1n) is 7.33. The minimum atomic E-state index is -1.55. The second-order valence-corrected chi connectivity index (χ2v) is 7.38. The smallest absolute Gasteiger partial charge is 0.413 e. The Bertz CT molecular complexity index is 661. The van der Waals surface area contributed by atoms with Gasteiger partial charge < -0.3 is 9.47 Å². The molecule has 1 heterocycles. The molecule has 1 aliphatic heterocycles. The number of benzene rings is 1. The van der Waals surface area contributed by atoms with Gasteiger partial charge in [0.15, 0.2) is 0 Å². The average Bonchev–Trinajstić information content (AvgIpc) is 2.47. The van der Waals surface area contributed by atoms with E-state index in [9.17, 15) is 13.6 Å². The largest absolute Gasteiger partial charge is 0.444 e. The molecule has 0 unspecified atom stereocenters. The van der Waals surface area contributed by atoms with Crippen molar-refractivity contribution < 1.29 is 23.0 Å². The summed E-state index contributed by atoms with van der Waals surface area (Å²) in [6.45, 7) is 4.03. The molecular weight excluding hydrogens is 386 g/mol. The van der Waals surface area contributed by atoms with Gasteiger partial charge in [0.25, 0.3) is 0 Å². The molecule has 1 N–H and O–H groups in total. The number of rotatable bonds is 2. The molecule has 1 amide bonds. The van der Waals surface area contributed by atoms with E-state index in [0.717, 1.165) is 0 Å². The van der Waals surface area contributed by atoms with Crippen molar-refractivity contribution in [2.45, 2.75) is 31.9 Å². The molecule has 0 saturated carbocycles. The van der Waals surface area contributed by atoms with Crippen LogP contribution in [0.5, 0.6) is 0 Å². The Morgan fingerprint density at radius 3 is 2.83 bits per heavy atom. The first-order chi connectivity index (χ1) is 11.1. The molecule has 0 saturated heterocycles. The van der Waals surface area contributed by atoms with Crippen molar-refractivity contribution in [2.75, 3.05) is 19.9 Å². The van der Waals surface area contributed by atoms with E-state index in [4.69, 9.17) is 9.47 Å². The minimum Gasteiger partial charge on any atom is -0.444 e. The molecule has 1 atom stereocenters. The fourth-order valence-corrected chi connectivity index (χ4v) is 2.62. The maximum atomic E-state index is 14.2. The van der Waals surface area contributed by atoms with Crippen LogP contribution in [0.2, 0.25) is 0 Å². The van der Waals surface area contributed by atoms with Gasteiger partial charge in [0.05, 0.1) is 6.61 Å². The number of alkyl halides is 1. The Morgan fingerprint density at radius 2 is 2.21 bits per heavy atom. The minimum absolute atomic E-state index is 0.0172. The van der Waals surface area contributed by atoms with Gasteiger partial charge in [-0.15, -0.1) is 0 Å². The summed E-state index contributed by atoms with van der Waals surface area (Å²) in [5.41, 5.74) is -2.17. The Morgan fingerprint density at radius 1 is 1.50 bits per heavy atom. The first-order valence-corrected chi connectivity index (χ1v) is 8.12. The predicted molar refractivity (Wildman–Crippen MR) is 89.4 cm³/mol. The number of amidine groups is 1. The number of hydrogen-bond acceptors (Lipinski definition) is 4. The van der Waals surface area contributed by atoms with Crippen LogP contribution in [0.25, 0.3) is 0 Å². The van der Waals surface area contributed by atoms with Crippen molar-refractivity contribution in [1.29, 1.82) is 0 Å². The predicted octanol–water partition coefficient (Wildman–Crippen LogP) is 3.71. The molecule has 0 fully saturated rings. The Kier molecular flexibility index (Phi) is 5.59. The lowest BCUT2D eigenvalue weighted by Crippen LogP contribution is -2.46. The quantitative estimate of drug-likeness (QED) is 0.817. The SMILES string of the molecule is CC(C)(C)OC(=O)NC1=N[C@@](CF)(c2cc(Br)ccc2F)COC1. The zero-order chi connectivity index (χ0) is 18.0. The summed E-state index contributed by atoms with van der Waals surface area (Å²) in [6, 6.07) is 4.19. The van der Waals surface area contributed by atoms with Crippen LogP contribution in [-0.4, -0.2) is 37.4 Å². The van der Waals surface area contributed by atoms with Gasteiger partial charge in [0.2, 0.25) is 0 Å². The third-order valence-electron chi connectivity index (χ3n) is 3.22. The zero-order valence-corrected chi connectivity index (χ0v) is 15.2. The Labute approximate surface area is 147 Å². The number of alkyl carbamates (subject to hydrolysis) is 1. The number of hydrogen-bond donors (Lipinski definition) is 1. The third-order valence-corrected chi connectivity index (χ3v) is 3.72. The number of nitrogens with one attached hydrogen (secondary N) is 1. The van der Waals surface area contributed by atoms with Crippen molar-refractivity contribution >= 4 is 27.9 Å². The molecule has 1 aromatic carbocycles. The molecular formula is C16H19BrF2N2O3. The summed E-state index contributed by atoms with van der Waals surface area (Å²) in [6.07, 6.45) is -0.728. The topological polar surface area (TPSA) is 59.9 Å². The maximum Gasteiger partial charge on any atom is 0.413 e. The normalized spacial score (nSPS) is 21.2. The van der Waals surface area contributed by atoms with Crippen LogP contribution in [-0.2, 0) is 15.0 Å². The molecule has 5 nitrogen and oxygen atoms in total. The number of carbonyl (C=O) groups excluding carboxylic acids is 1. The van der Waals surface area contributed by atoms with Gasteiger partial charge in [-0.3, -0.25) is 10.3 Å². The van der Waals surface area contributed by atoms with Gasteiger partial charge in [-0.2, -0.15) is 0 Å². The highest BCUT2D eigenvalue weighted by Gasteiger charge is 2.39. The van der Waals surface area contributed by atoms with Crippen LogP contribution in [0.15, 0.2) is 27.7 Å². The van der Waals surface area contributed by atoms with Gasteiger partial charge in [-0.1, -0.05) is 15.9 Å². The molecule has 1 aromatic rings. The second-order valence-electron chi connectivity index (χ2n) is 6.47. The van der Waals surface area contributed by atoms with Crippen LogP contribution in [0.1, 0.15) is 26.3 Å². The highest BCUT2D eigenvalue weighted by atomic mass is 79.9. The molecule has 132 valence electrons. The Hall–Kier alpha value is -1.54. The van der Waals surface area contributed by atoms with Gasteiger partial charge in [-0.05, 0) is 39.0 Å². The van der Waals surface area contributed by atoms with E-state index < -0.39 is 29.7 Å². The molecule has 0 radical (unpaired) electrons. The summed E-state index contributed by atoms with van der Waals surface area (Å²) in [5, 5.41) is 2.43. The number of halogens is 3. The zero-order valence-electron chi connectivity index (χ0n) is 13.7. The van der Waals surface area contributed by atoms with Gasteiger partial charge >= 0.3 is 6.09 Å². The van der Waals surface area contributed by atoms with Crippen molar-refractivity contribution in [3.63, 3.8) is 0 Å². The van der Waals surface area contributed by atoms with Crippen molar-refractivity contribution in [2.24, 2.45) is 4.99 Å². The number of ether oxygens (including phenoxy) is 2. The van der Waals surface area contributed by atoms with Gasteiger partial charge in [0.1, 0.15) is 36.1 Å². The van der Waals surface area contributed by atoms with E-state index in [1.807, 2.05) is 0 Å². The second kappa shape index (κ2) is 7.14. The van der Waals surface area contributed by atoms with E-state index >= 15 is 0 Å². The molecule has 1 aliphatic rings. The molecule has 8 heteroatoms. The standard InChI is InChI=1S/C16H19BrF2N2O3/c1-15(2,3)24-14(22)20-13-7-23-9-16(8-18,21-13)11-6-10(17)4-5-12(11)19/h4-6H,7-9H2,1-3H3,(H,20,21,22)/t16-/m1/s1. The number of aliphatic imine (C=N–C) groups is 1. The fraction of sp³-hybridized carbons (Fsp3) is 0.500. The van der Waals surface area contributed by atoms with Crippen LogP contribution in [0, 0.1) is 5.82 Å². The van der Waals surface area contributed by atoms with E-state index in [1.54, 1.807) is 20.8 Å². The summed E-state index contributed by atoms with van der Waals surface area (Å²) in [4.78, 5) is 16.1. The number of nitrogens with zero attached hydrogens (tertiary/aromatic N) is 1. The molecule has 0 spiro atoms. The van der Waals surface area contributed by atoms with E-state index in [0.29, 0.717) is 4.47 Å². The molecule has 24 heavy (non-hydrogen) atoms. The lowest BCUT2D eigenvalue weighted by molar-refractivity contribution is 0.0528. The van der Waals surface area contributed by atoms with Gasteiger partial charge in [0, 0.05) is 10.0 Å². The Balaban J connectivity index is 2.30. The third kappa shape index (κ3) is 4.51. The summed E-state index contributed by atoms with van der Waals surface area (Å²) >= 11 is 3.24. The summed E-state index contributed by atoms with van der Waals surface area (Å²) in [5.74, 6) is -0.505. The van der Waals surface area contributed by atoms with Crippen LogP contribution >= 0.6 is 15.9 Å². The van der Waals surface area contributed by atoms with E-state index in [1.165, 1.54) is 18.2 Å². The molecule has 2 rings (SSSR count). The van der Waals surface area contributed by atoms with Gasteiger partial charge in [-0.25, -0.2) is 13.6 Å². The molecule has 0 aliphatic carbocycles. The van der Waals surface area contributed by atoms with E-state index in [2.05, 4.69) is 26.2 Å². The molecule has 0 aromatic heterocycles. The molecule has 0 bridgehead atoms.